The standard InChI is InChI=1S/C11H13N3S/c1-7-4-8(2)6-9(5-7)10-13-14-11(12-3)15-10/h4-6H,1-3H3,(H,12,14). The molecule has 78 valence electrons. The van der Waals surface area contributed by atoms with Crippen molar-refractivity contribution < 1.29 is 0 Å². The molecule has 0 bridgehead atoms. The highest BCUT2D eigenvalue weighted by Crippen LogP contribution is 2.27. The molecule has 1 heterocycles. The molecular weight excluding hydrogens is 206 g/mol. The fourth-order valence-electron chi connectivity index (χ4n) is 1.54. The number of benzene rings is 1. The summed E-state index contributed by atoms with van der Waals surface area (Å²) < 4.78 is 0. The molecule has 0 amide bonds. The van der Waals surface area contributed by atoms with Gasteiger partial charge in [0, 0.05) is 12.6 Å². The summed E-state index contributed by atoms with van der Waals surface area (Å²) in [5, 5.41) is 13.0. The van der Waals surface area contributed by atoms with Crippen molar-refractivity contribution in [1.82, 2.24) is 10.2 Å². The van der Waals surface area contributed by atoms with Crippen molar-refractivity contribution in [3.05, 3.63) is 29.3 Å². The molecule has 0 radical (unpaired) electrons. The maximum Gasteiger partial charge on any atom is 0.205 e. The second kappa shape index (κ2) is 3.98. The van der Waals surface area contributed by atoms with Gasteiger partial charge < -0.3 is 5.32 Å². The average molecular weight is 219 g/mol. The van der Waals surface area contributed by atoms with E-state index >= 15 is 0 Å². The lowest BCUT2D eigenvalue weighted by Gasteiger charge is -2.00. The van der Waals surface area contributed by atoms with Crippen LogP contribution in [0.5, 0.6) is 0 Å². The van der Waals surface area contributed by atoms with Gasteiger partial charge in [0.2, 0.25) is 5.13 Å². The summed E-state index contributed by atoms with van der Waals surface area (Å²) in [6, 6.07) is 6.42. The highest BCUT2D eigenvalue weighted by Gasteiger charge is 2.05. The molecule has 1 N–H and O–H groups in total. The first-order valence-electron chi connectivity index (χ1n) is 4.79. The summed E-state index contributed by atoms with van der Waals surface area (Å²) in [6.07, 6.45) is 0. The van der Waals surface area contributed by atoms with E-state index in [0.717, 1.165) is 15.7 Å². The second-order valence-corrected chi connectivity index (χ2v) is 4.52. The van der Waals surface area contributed by atoms with Crippen LogP contribution in [-0.2, 0) is 0 Å². The predicted molar refractivity (Wildman–Crippen MR) is 64.4 cm³/mol. The van der Waals surface area contributed by atoms with Crippen molar-refractivity contribution in [3.8, 4) is 10.6 Å². The molecule has 2 rings (SSSR count). The molecule has 0 saturated heterocycles. The van der Waals surface area contributed by atoms with Crippen molar-refractivity contribution >= 4 is 16.5 Å². The Hall–Kier alpha value is -1.42. The molecular formula is C11H13N3S. The van der Waals surface area contributed by atoms with Gasteiger partial charge in [-0.3, -0.25) is 0 Å². The highest BCUT2D eigenvalue weighted by molar-refractivity contribution is 7.18. The van der Waals surface area contributed by atoms with E-state index in [1.54, 1.807) is 11.3 Å². The third-order valence-corrected chi connectivity index (χ3v) is 3.10. The monoisotopic (exact) mass is 219 g/mol. The van der Waals surface area contributed by atoms with Gasteiger partial charge in [-0.15, -0.1) is 10.2 Å². The molecule has 4 heteroatoms. The predicted octanol–water partition coefficient (Wildman–Crippen LogP) is 2.86. The molecule has 15 heavy (non-hydrogen) atoms. The Balaban J connectivity index is 2.44. The van der Waals surface area contributed by atoms with Gasteiger partial charge in [0.05, 0.1) is 0 Å². The zero-order valence-corrected chi connectivity index (χ0v) is 9.85. The molecule has 0 fully saturated rings. The number of anilines is 1. The van der Waals surface area contributed by atoms with Gasteiger partial charge >= 0.3 is 0 Å². The smallest absolute Gasteiger partial charge is 0.205 e. The van der Waals surface area contributed by atoms with Gasteiger partial charge in [-0.2, -0.15) is 0 Å². The van der Waals surface area contributed by atoms with E-state index in [0.29, 0.717) is 0 Å². The van der Waals surface area contributed by atoms with Crippen LogP contribution in [0.1, 0.15) is 11.1 Å². The molecule has 0 atom stereocenters. The summed E-state index contributed by atoms with van der Waals surface area (Å²) in [5.41, 5.74) is 3.66. The Morgan fingerprint density at radius 1 is 1.07 bits per heavy atom. The number of rotatable bonds is 2. The molecule has 1 aromatic heterocycles. The molecule has 3 nitrogen and oxygen atoms in total. The lowest BCUT2D eigenvalue weighted by molar-refractivity contribution is 1.09. The van der Waals surface area contributed by atoms with Crippen molar-refractivity contribution in [2.45, 2.75) is 13.8 Å². The molecule has 0 aliphatic carbocycles. The topological polar surface area (TPSA) is 37.8 Å². The zero-order valence-electron chi connectivity index (χ0n) is 9.03. The highest BCUT2D eigenvalue weighted by atomic mass is 32.1. The van der Waals surface area contributed by atoms with Gasteiger partial charge in [0.15, 0.2) is 0 Å². The second-order valence-electron chi connectivity index (χ2n) is 3.54. The summed E-state index contributed by atoms with van der Waals surface area (Å²) in [6.45, 7) is 4.19. The summed E-state index contributed by atoms with van der Waals surface area (Å²) >= 11 is 1.57. The van der Waals surface area contributed by atoms with Gasteiger partial charge in [-0.25, -0.2) is 0 Å². The summed E-state index contributed by atoms with van der Waals surface area (Å²) in [5.74, 6) is 0. The number of aryl methyl sites for hydroxylation is 2. The van der Waals surface area contributed by atoms with E-state index in [1.165, 1.54) is 11.1 Å². The quantitative estimate of drug-likeness (QED) is 0.844. The number of hydrogen-bond donors (Lipinski definition) is 1. The molecule has 0 aliphatic rings. The largest absolute Gasteiger partial charge is 0.363 e. The van der Waals surface area contributed by atoms with Gasteiger partial charge in [0.25, 0.3) is 0 Å². The van der Waals surface area contributed by atoms with Crippen LogP contribution in [0.15, 0.2) is 18.2 Å². The Bertz CT molecular complexity index is 456. The average Bonchev–Trinajstić information content (AvgIpc) is 2.64. The van der Waals surface area contributed by atoms with Crippen molar-refractivity contribution in [2.24, 2.45) is 0 Å². The van der Waals surface area contributed by atoms with E-state index in [9.17, 15) is 0 Å². The first-order valence-corrected chi connectivity index (χ1v) is 5.60. The lowest BCUT2D eigenvalue weighted by atomic mass is 10.1. The minimum atomic E-state index is 0.851. The van der Waals surface area contributed by atoms with Crippen molar-refractivity contribution in [1.29, 1.82) is 0 Å². The fraction of sp³-hybridized carbons (Fsp3) is 0.273. The maximum absolute atomic E-state index is 4.15. The minimum absolute atomic E-state index is 0.851. The van der Waals surface area contributed by atoms with Crippen LogP contribution < -0.4 is 5.32 Å². The molecule has 0 unspecified atom stereocenters. The Kier molecular flexibility index (Phi) is 2.68. The number of aromatic nitrogens is 2. The van der Waals surface area contributed by atoms with E-state index in [2.05, 4.69) is 47.6 Å². The number of nitrogens with zero attached hydrogens (tertiary/aromatic N) is 2. The maximum atomic E-state index is 4.15. The van der Waals surface area contributed by atoms with E-state index < -0.39 is 0 Å². The van der Waals surface area contributed by atoms with Gasteiger partial charge in [-0.05, 0) is 26.0 Å². The summed E-state index contributed by atoms with van der Waals surface area (Å²) in [7, 11) is 1.85. The van der Waals surface area contributed by atoms with Crippen LogP contribution in [0.3, 0.4) is 0 Å². The molecule has 0 saturated carbocycles. The Labute approximate surface area is 93.2 Å². The van der Waals surface area contributed by atoms with E-state index in [-0.39, 0.29) is 0 Å². The Morgan fingerprint density at radius 2 is 1.73 bits per heavy atom. The van der Waals surface area contributed by atoms with Gasteiger partial charge in [0.1, 0.15) is 5.01 Å². The molecule has 2 aromatic rings. The Morgan fingerprint density at radius 3 is 2.27 bits per heavy atom. The molecule has 0 spiro atoms. The van der Waals surface area contributed by atoms with E-state index in [4.69, 9.17) is 0 Å². The van der Waals surface area contributed by atoms with Gasteiger partial charge in [-0.1, -0.05) is 28.5 Å². The lowest BCUT2D eigenvalue weighted by Crippen LogP contribution is -1.84. The SMILES string of the molecule is CNc1nnc(-c2cc(C)cc(C)c2)s1. The summed E-state index contributed by atoms with van der Waals surface area (Å²) in [4.78, 5) is 0. The third-order valence-electron chi connectivity index (χ3n) is 2.11. The number of nitrogens with one attached hydrogen (secondary N) is 1. The van der Waals surface area contributed by atoms with Crippen LogP contribution in [0.2, 0.25) is 0 Å². The molecule has 0 aliphatic heterocycles. The zero-order chi connectivity index (χ0) is 10.8. The van der Waals surface area contributed by atoms with Crippen LogP contribution >= 0.6 is 11.3 Å². The van der Waals surface area contributed by atoms with Crippen LogP contribution in [0.25, 0.3) is 10.6 Å². The number of hydrogen-bond acceptors (Lipinski definition) is 4. The van der Waals surface area contributed by atoms with Crippen LogP contribution in [0.4, 0.5) is 5.13 Å². The molecule has 1 aromatic carbocycles. The fourth-order valence-corrected chi connectivity index (χ4v) is 2.22. The van der Waals surface area contributed by atoms with Crippen molar-refractivity contribution in [3.63, 3.8) is 0 Å². The third kappa shape index (κ3) is 2.15. The van der Waals surface area contributed by atoms with Crippen LogP contribution in [0, 0.1) is 13.8 Å². The first-order chi connectivity index (χ1) is 7.19. The first kappa shape index (κ1) is 10.1. The van der Waals surface area contributed by atoms with Crippen LogP contribution in [-0.4, -0.2) is 17.2 Å². The van der Waals surface area contributed by atoms with E-state index in [1.807, 2.05) is 7.05 Å². The minimum Gasteiger partial charge on any atom is -0.363 e. The van der Waals surface area contributed by atoms with Crippen molar-refractivity contribution in [2.75, 3.05) is 12.4 Å². The normalized spacial score (nSPS) is 10.3.